The summed E-state index contributed by atoms with van der Waals surface area (Å²) in [5, 5.41) is 2.79. The number of benzene rings is 1. The van der Waals surface area contributed by atoms with Gasteiger partial charge in [-0.05, 0) is 31.4 Å². The van der Waals surface area contributed by atoms with Gasteiger partial charge in [0.15, 0.2) is 6.61 Å². The molecular formula is C16H21NO3. The first-order chi connectivity index (χ1) is 9.56. The molecule has 1 aromatic carbocycles. The molecule has 0 aliphatic rings. The van der Waals surface area contributed by atoms with Crippen molar-refractivity contribution in [2.24, 2.45) is 0 Å². The molecule has 0 bridgehead atoms. The Bertz CT molecular complexity index is 477. The monoisotopic (exact) mass is 275 g/mol. The summed E-state index contributed by atoms with van der Waals surface area (Å²) in [6.07, 6.45) is 3.83. The van der Waals surface area contributed by atoms with Crippen molar-refractivity contribution in [1.29, 1.82) is 0 Å². The van der Waals surface area contributed by atoms with Crippen LogP contribution in [0.5, 0.6) is 0 Å². The Morgan fingerprint density at radius 2 is 1.95 bits per heavy atom. The lowest BCUT2D eigenvalue weighted by atomic mass is 10.1. The molecule has 0 aliphatic carbocycles. The number of carbonyl (C=O) groups excluding carboxylic acids is 2. The van der Waals surface area contributed by atoms with Gasteiger partial charge in [0.1, 0.15) is 0 Å². The van der Waals surface area contributed by atoms with Gasteiger partial charge in [-0.3, -0.25) is 4.79 Å². The van der Waals surface area contributed by atoms with Gasteiger partial charge in [-0.2, -0.15) is 0 Å². The van der Waals surface area contributed by atoms with E-state index in [1.54, 1.807) is 13.0 Å². The summed E-state index contributed by atoms with van der Waals surface area (Å²) in [5.41, 5.74) is 2.28. The van der Waals surface area contributed by atoms with Gasteiger partial charge in [-0.15, -0.1) is 0 Å². The maximum absolute atomic E-state index is 11.6. The molecule has 0 fully saturated rings. The Morgan fingerprint density at radius 3 is 2.50 bits per heavy atom. The fourth-order valence-corrected chi connectivity index (χ4v) is 1.73. The summed E-state index contributed by atoms with van der Waals surface area (Å²) in [7, 11) is 0. The number of hydrogen-bond donors (Lipinski definition) is 1. The molecule has 0 saturated heterocycles. The molecule has 108 valence electrons. The van der Waals surface area contributed by atoms with Crippen LogP contribution in [-0.4, -0.2) is 18.5 Å². The standard InChI is InChI=1S/C16H21NO3/c1-4-6-16(19)20-11-15(18)17-12(3)14-9-7-13(5-2)8-10-14/h4,6-10,12H,5,11H2,1-3H3,(H,17,18)/b6-4+. The zero-order chi connectivity index (χ0) is 15.0. The Labute approximate surface area is 119 Å². The number of amides is 1. The largest absolute Gasteiger partial charge is 0.452 e. The molecule has 0 aromatic heterocycles. The molecule has 0 radical (unpaired) electrons. The molecule has 1 amide bonds. The number of esters is 1. The van der Waals surface area contributed by atoms with Crippen molar-refractivity contribution in [1.82, 2.24) is 5.32 Å². The number of hydrogen-bond acceptors (Lipinski definition) is 3. The van der Waals surface area contributed by atoms with Crippen molar-refractivity contribution < 1.29 is 14.3 Å². The van der Waals surface area contributed by atoms with Gasteiger partial charge in [0.2, 0.25) is 0 Å². The second-order valence-corrected chi connectivity index (χ2v) is 4.49. The molecule has 1 N–H and O–H groups in total. The van der Waals surface area contributed by atoms with E-state index in [1.807, 2.05) is 31.2 Å². The Hall–Kier alpha value is -2.10. The molecule has 1 aromatic rings. The summed E-state index contributed by atoms with van der Waals surface area (Å²) in [4.78, 5) is 22.7. The highest BCUT2D eigenvalue weighted by Gasteiger charge is 2.10. The van der Waals surface area contributed by atoms with E-state index in [4.69, 9.17) is 4.74 Å². The first kappa shape index (κ1) is 16.0. The van der Waals surface area contributed by atoms with Crippen molar-refractivity contribution in [3.05, 3.63) is 47.5 Å². The van der Waals surface area contributed by atoms with Crippen LogP contribution in [0.3, 0.4) is 0 Å². The fourth-order valence-electron chi connectivity index (χ4n) is 1.73. The highest BCUT2D eigenvalue weighted by molar-refractivity contribution is 5.85. The molecule has 4 heteroatoms. The predicted octanol–water partition coefficient (Wildman–Crippen LogP) is 2.55. The van der Waals surface area contributed by atoms with Crippen LogP contribution in [0.15, 0.2) is 36.4 Å². The first-order valence-corrected chi connectivity index (χ1v) is 6.74. The SMILES string of the molecule is C/C=C/C(=O)OCC(=O)NC(C)c1ccc(CC)cc1. The minimum absolute atomic E-state index is 0.117. The molecule has 1 unspecified atom stereocenters. The molecule has 0 aliphatic heterocycles. The number of carbonyl (C=O) groups is 2. The van der Waals surface area contributed by atoms with Crippen LogP contribution in [0.2, 0.25) is 0 Å². The molecule has 0 saturated carbocycles. The predicted molar refractivity (Wildman–Crippen MR) is 78.2 cm³/mol. The van der Waals surface area contributed by atoms with Crippen LogP contribution >= 0.6 is 0 Å². The van der Waals surface area contributed by atoms with Crippen molar-refractivity contribution in [3.8, 4) is 0 Å². The number of aryl methyl sites for hydroxylation is 1. The summed E-state index contributed by atoms with van der Waals surface area (Å²) in [6.45, 7) is 5.44. The minimum Gasteiger partial charge on any atom is -0.452 e. The van der Waals surface area contributed by atoms with E-state index in [2.05, 4.69) is 12.2 Å². The number of rotatable bonds is 6. The van der Waals surface area contributed by atoms with Crippen molar-refractivity contribution in [2.45, 2.75) is 33.2 Å². The normalized spacial score (nSPS) is 12.2. The van der Waals surface area contributed by atoms with E-state index in [-0.39, 0.29) is 18.6 Å². The average molecular weight is 275 g/mol. The lowest BCUT2D eigenvalue weighted by Crippen LogP contribution is -2.30. The van der Waals surface area contributed by atoms with E-state index in [1.165, 1.54) is 11.6 Å². The first-order valence-electron chi connectivity index (χ1n) is 6.74. The Kier molecular flexibility index (Phi) is 6.50. The van der Waals surface area contributed by atoms with Gasteiger partial charge in [-0.1, -0.05) is 37.3 Å². The van der Waals surface area contributed by atoms with Gasteiger partial charge in [0.05, 0.1) is 6.04 Å². The van der Waals surface area contributed by atoms with Gasteiger partial charge < -0.3 is 10.1 Å². The van der Waals surface area contributed by atoms with Gasteiger partial charge in [-0.25, -0.2) is 4.79 Å². The summed E-state index contributed by atoms with van der Waals surface area (Å²) in [5.74, 6) is -0.822. The average Bonchev–Trinajstić information content (AvgIpc) is 2.45. The highest BCUT2D eigenvalue weighted by atomic mass is 16.5. The van der Waals surface area contributed by atoms with Crippen molar-refractivity contribution >= 4 is 11.9 Å². The molecule has 0 heterocycles. The number of nitrogens with one attached hydrogen (secondary N) is 1. The lowest BCUT2D eigenvalue weighted by molar-refractivity contribution is -0.144. The van der Waals surface area contributed by atoms with Crippen LogP contribution in [0, 0.1) is 0 Å². The van der Waals surface area contributed by atoms with E-state index in [0.717, 1.165) is 12.0 Å². The summed E-state index contributed by atoms with van der Waals surface area (Å²) >= 11 is 0. The maximum atomic E-state index is 11.6. The van der Waals surface area contributed by atoms with E-state index in [9.17, 15) is 9.59 Å². The van der Waals surface area contributed by atoms with Gasteiger partial charge >= 0.3 is 5.97 Å². The van der Waals surface area contributed by atoms with Gasteiger partial charge in [0.25, 0.3) is 5.91 Å². The molecular weight excluding hydrogens is 254 g/mol. The van der Waals surface area contributed by atoms with E-state index >= 15 is 0 Å². The number of allylic oxidation sites excluding steroid dienone is 1. The maximum Gasteiger partial charge on any atom is 0.330 e. The third-order valence-corrected chi connectivity index (χ3v) is 2.91. The van der Waals surface area contributed by atoms with E-state index < -0.39 is 5.97 Å². The second-order valence-electron chi connectivity index (χ2n) is 4.49. The lowest BCUT2D eigenvalue weighted by Gasteiger charge is -2.14. The smallest absolute Gasteiger partial charge is 0.330 e. The van der Waals surface area contributed by atoms with Crippen LogP contribution in [0.4, 0.5) is 0 Å². The Balaban J connectivity index is 2.46. The third-order valence-electron chi connectivity index (χ3n) is 2.91. The summed E-state index contributed by atoms with van der Waals surface area (Å²) < 4.78 is 4.78. The Morgan fingerprint density at radius 1 is 1.30 bits per heavy atom. The zero-order valence-electron chi connectivity index (χ0n) is 12.2. The molecule has 0 spiro atoms. The molecule has 1 atom stereocenters. The van der Waals surface area contributed by atoms with Crippen molar-refractivity contribution in [2.75, 3.05) is 6.61 Å². The third kappa shape index (κ3) is 5.26. The van der Waals surface area contributed by atoms with E-state index in [0.29, 0.717) is 0 Å². The zero-order valence-corrected chi connectivity index (χ0v) is 12.2. The van der Waals surface area contributed by atoms with Gasteiger partial charge in [0, 0.05) is 6.08 Å². The minimum atomic E-state index is -0.511. The topological polar surface area (TPSA) is 55.4 Å². The fraction of sp³-hybridized carbons (Fsp3) is 0.375. The highest BCUT2D eigenvalue weighted by Crippen LogP contribution is 2.13. The van der Waals surface area contributed by atoms with Crippen molar-refractivity contribution in [3.63, 3.8) is 0 Å². The van der Waals surface area contributed by atoms with Crippen LogP contribution < -0.4 is 5.32 Å². The molecule has 20 heavy (non-hydrogen) atoms. The second kappa shape index (κ2) is 8.15. The van der Waals surface area contributed by atoms with Crippen LogP contribution in [-0.2, 0) is 20.7 Å². The molecule has 1 rings (SSSR count). The van der Waals surface area contributed by atoms with Crippen LogP contribution in [0.25, 0.3) is 0 Å². The van der Waals surface area contributed by atoms with Crippen LogP contribution in [0.1, 0.15) is 37.9 Å². The number of ether oxygens (including phenoxy) is 1. The molecule has 4 nitrogen and oxygen atoms in total. The summed E-state index contributed by atoms with van der Waals surface area (Å²) in [6, 6.07) is 7.97. The quantitative estimate of drug-likeness (QED) is 0.641.